The third-order valence-electron chi connectivity index (χ3n) is 3.32. The average Bonchev–Trinajstić information content (AvgIpc) is 3.32. The third kappa shape index (κ3) is 5.86. The molecule has 1 aliphatic carbocycles. The summed E-state index contributed by atoms with van der Waals surface area (Å²) in [6.45, 7) is 9.56. The van der Waals surface area contributed by atoms with E-state index in [0.29, 0.717) is 17.7 Å². The second-order valence-electron chi connectivity index (χ2n) is 8.42. The fourth-order valence-electron chi connectivity index (χ4n) is 2.03. The summed E-state index contributed by atoms with van der Waals surface area (Å²) in [7, 11) is 0. The molecule has 2 rings (SSSR count). The predicted octanol–water partition coefficient (Wildman–Crippen LogP) is 3.64. The van der Waals surface area contributed by atoms with Gasteiger partial charge in [0.2, 0.25) is 11.7 Å². The van der Waals surface area contributed by atoms with E-state index in [2.05, 4.69) is 15.3 Å². The molecule has 0 atom stereocenters. The molecule has 0 aliphatic heterocycles. The molecule has 0 unspecified atom stereocenters. The van der Waals surface area contributed by atoms with Crippen molar-refractivity contribution in [3.63, 3.8) is 0 Å². The van der Waals surface area contributed by atoms with E-state index in [1.165, 1.54) is 0 Å². The number of aromatic nitrogens is 2. The Morgan fingerprint density at radius 3 is 1.96 bits per heavy atom. The van der Waals surface area contributed by atoms with Crippen molar-refractivity contribution in [2.75, 3.05) is 10.2 Å². The summed E-state index contributed by atoms with van der Waals surface area (Å²) >= 11 is 0. The standard InChI is InChI=1S/C18H25FN4O5/c1-17(2,3)27-15(25)23(16(26)28-18(4,5)6)13-11(19)12(20-9-21-13)22-14(24)10-7-8-10/h9-10H,7-8H2,1-6H3,(H,20,21,22,24). The number of carbonyl (C=O) groups excluding carboxylic acids is 3. The Kier molecular flexibility index (Phi) is 5.91. The molecule has 154 valence electrons. The minimum Gasteiger partial charge on any atom is -0.443 e. The van der Waals surface area contributed by atoms with Gasteiger partial charge in [-0.3, -0.25) is 4.79 Å². The lowest BCUT2D eigenvalue weighted by molar-refractivity contribution is -0.117. The van der Waals surface area contributed by atoms with Crippen molar-refractivity contribution in [1.29, 1.82) is 0 Å². The molecular weight excluding hydrogens is 371 g/mol. The lowest BCUT2D eigenvalue weighted by Crippen LogP contribution is -2.44. The van der Waals surface area contributed by atoms with Gasteiger partial charge in [-0.25, -0.2) is 19.6 Å². The number of nitrogens with one attached hydrogen (secondary N) is 1. The molecule has 3 amide bonds. The van der Waals surface area contributed by atoms with E-state index in [4.69, 9.17) is 9.47 Å². The van der Waals surface area contributed by atoms with Crippen LogP contribution in [0.3, 0.4) is 0 Å². The lowest BCUT2D eigenvalue weighted by Gasteiger charge is -2.28. The second-order valence-corrected chi connectivity index (χ2v) is 8.42. The highest BCUT2D eigenvalue weighted by Gasteiger charge is 2.37. The number of ether oxygens (including phenoxy) is 2. The van der Waals surface area contributed by atoms with Gasteiger partial charge < -0.3 is 14.8 Å². The van der Waals surface area contributed by atoms with Crippen LogP contribution in [0.1, 0.15) is 54.4 Å². The van der Waals surface area contributed by atoms with Crippen LogP contribution in [0.15, 0.2) is 6.33 Å². The Morgan fingerprint density at radius 2 is 1.54 bits per heavy atom. The number of carbonyl (C=O) groups is 3. The monoisotopic (exact) mass is 396 g/mol. The Bertz CT molecular complexity index is 753. The van der Waals surface area contributed by atoms with E-state index in [-0.39, 0.29) is 11.8 Å². The molecule has 0 saturated heterocycles. The van der Waals surface area contributed by atoms with Crippen LogP contribution in [-0.2, 0) is 14.3 Å². The SMILES string of the molecule is CC(C)(C)OC(=O)N(C(=O)OC(C)(C)C)c1ncnc(NC(=O)C2CC2)c1F. The number of nitrogens with zero attached hydrogens (tertiary/aromatic N) is 3. The van der Waals surface area contributed by atoms with Crippen LogP contribution in [0.5, 0.6) is 0 Å². The van der Waals surface area contributed by atoms with Crippen molar-refractivity contribution < 1.29 is 28.2 Å². The Hall–Kier alpha value is -2.78. The lowest BCUT2D eigenvalue weighted by atomic mass is 10.2. The Balaban J connectivity index is 2.39. The first-order valence-electron chi connectivity index (χ1n) is 8.86. The van der Waals surface area contributed by atoms with Crippen molar-refractivity contribution in [3.05, 3.63) is 12.1 Å². The first-order valence-corrected chi connectivity index (χ1v) is 8.86. The number of amides is 3. The minimum absolute atomic E-state index is 0.189. The van der Waals surface area contributed by atoms with Crippen LogP contribution >= 0.6 is 0 Å². The highest BCUT2D eigenvalue weighted by atomic mass is 19.1. The normalized spacial score (nSPS) is 14.2. The van der Waals surface area contributed by atoms with Crippen LogP contribution in [0, 0.1) is 11.7 Å². The van der Waals surface area contributed by atoms with Gasteiger partial charge in [-0.1, -0.05) is 0 Å². The van der Waals surface area contributed by atoms with Gasteiger partial charge in [-0.05, 0) is 54.4 Å². The molecule has 0 spiro atoms. The maximum atomic E-state index is 15.0. The summed E-state index contributed by atoms with van der Waals surface area (Å²) in [5, 5.41) is 2.35. The summed E-state index contributed by atoms with van der Waals surface area (Å²) < 4.78 is 25.3. The van der Waals surface area contributed by atoms with E-state index in [9.17, 15) is 18.8 Å². The van der Waals surface area contributed by atoms with E-state index >= 15 is 0 Å². The zero-order valence-corrected chi connectivity index (χ0v) is 16.8. The number of halogens is 1. The van der Waals surface area contributed by atoms with Gasteiger partial charge in [0.05, 0.1) is 0 Å². The molecule has 9 nitrogen and oxygen atoms in total. The maximum Gasteiger partial charge on any atom is 0.425 e. The van der Waals surface area contributed by atoms with Gasteiger partial charge in [0.25, 0.3) is 0 Å². The average molecular weight is 396 g/mol. The smallest absolute Gasteiger partial charge is 0.425 e. The largest absolute Gasteiger partial charge is 0.443 e. The molecule has 28 heavy (non-hydrogen) atoms. The first-order chi connectivity index (χ1) is 12.8. The molecule has 0 bridgehead atoms. The quantitative estimate of drug-likeness (QED) is 0.830. The molecule has 1 heterocycles. The summed E-state index contributed by atoms with van der Waals surface area (Å²) in [5.41, 5.74) is -1.91. The van der Waals surface area contributed by atoms with Crippen LogP contribution < -0.4 is 10.2 Å². The van der Waals surface area contributed by atoms with Gasteiger partial charge in [0.1, 0.15) is 17.5 Å². The van der Waals surface area contributed by atoms with Crippen LogP contribution in [0.2, 0.25) is 0 Å². The molecule has 0 aromatic carbocycles. The van der Waals surface area contributed by atoms with Crippen LogP contribution in [0.4, 0.5) is 25.6 Å². The summed E-state index contributed by atoms with van der Waals surface area (Å²) in [4.78, 5) is 44.8. The van der Waals surface area contributed by atoms with Crippen LogP contribution in [0.25, 0.3) is 0 Å². The maximum absolute atomic E-state index is 15.0. The summed E-state index contributed by atoms with van der Waals surface area (Å²) in [6.07, 6.45) is 0.0289. The first kappa shape index (κ1) is 21.5. The number of hydrogen-bond donors (Lipinski definition) is 1. The molecule has 10 heteroatoms. The van der Waals surface area contributed by atoms with E-state index < -0.39 is 40.8 Å². The Morgan fingerprint density at radius 1 is 1.04 bits per heavy atom. The Labute approximate surface area is 162 Å². The molecular formula is C18H25FN4O5. The summed E-state index contributed by atoms with van der Waals surface area (Å²) in [6, 6.07) is 0. The second kappa shape index (κ2) is 7.69. The number of hydrogen-bond acceptors (Lipinski definition) is 7. The number of imide groups is 1. The zero-order chi connectivity index (χ0) is 21.3. The molecule has 1 aromatic heterocycles. The molecule has 1 fully saturated rings. The van der Waals surface area contributed by atoms with Gasteiger partial charge >= 0.3 is 12.2 Å². The third-order valence-corrected chi connectivity index (χ3v) is 3.32. The fourth-order valence-corrected chi connectivity index (χ4v) is 2.03. The van der Waals surface area contributed by atoms with Gasteiger partial charge in [0.15, 0.2) is 11.6 Å². The molecule has 1 aromatic rings. The topological polar surface area (TPSA) is 111 Å². The van der Waals surface area contributed by atoms with Gasteiger partial charge in [-0.2, -0.15) is 9.29 Å². The minimum atomic E-state index is -1.17. The van der Waals surface area contributed by atoms with Gasteiger partial charge in [-0.15, -0.1) is 0 Å². The van der Waals surface area contributed by atoms with Crippen molar-refractivity contribution in [1.82, 2.24) is 9.97 Å². The fraction of sp³-hybridized carbons (Fsp3) is 0.611. The van der Waals surface area contributed by atoms with Gasteiger partial charge in [0, 0.05) is 5.92 Å². The van der Waals surface area contributed by atoms with Crippen molar-refractivity contribution in [2.24, 2.45) is 5.92 Å². The highest BCUT2D eigenvalue weighted by Crippen LogP contribution is 2.31. The van der Waals surface area contributed by atoms with E-state index in [0.717, 1.165) is 6.33 Å². The molecule has 1 aliphatic rings. The van der Waals surface area contributed by atoms with Crippen molar-refractivity contribution >= 4 is 29.7 Å². The molecule has 0 radical (unpaired) electrons. The highest BCUT2D eigenvalue weighted by molar-refractivity contribution is 6.09. The van der Waals surface area contributed by atoms with Crippen molar-refractivity contribution in [2.45, 2.75) is 65.6 Å². The summed E-state index contributed by atoms with van der Waals surface area (Å²) in [5.74, 6) is -2.83. The van der Waals surface area contributed by atoms with Crippen molar-refractivity contribution in [3.8, 4) is 0 Å². The molecule has 1 N–H and O–H groups in total. The predicted molar refractivity (Wildman–Crippen MR) is 98.3 cm³/mol. The number of rotatable bonds is 3. The van der Waals surface area contributed by atoms with Crippen LogP contribution in [-0.4, -0.2) is 39.3 Å². The van der Waals surface area contributed by atoms with E-state index in [1.54, 1.807) is 41.5 Å². The zero-order valence-electron chi connectivity index (χ0n) is 16.8. The number of anilines is 2. The molecule has 1 saturated carbocycles. The van der Waals surface area contributed by atoms with E-state index in [1.807, 2.05) is 0 Å².